The molecule has 1 amide bonds. The Kier molecular flexibility index (Phi) is 8.20. The van der Waals surface area contributed by atoms with E-state index in [1.807, 2.05) is 61.5 Å². The highest BCUT2D eigenvalue weighted by molar-refractivity contribution is 7.95. The number of halogens is 1. The van der Waals surface area contributed by atoms with Gasteiger partial charge in [0, 0.05) is 22.7 Å². The molecule has 2 aliphatic heterocycles. The number of phenolic OH excluding ortho intramolecular Hbond substituents is 1. The van der Waals surface area contributed by atoms with Gasteiger partial charge in [-0.2, -0.15) is 0 Å². The van der Waals surface area contributed by atoms with Gasteiger partial charge in [-0.1, -0.05) is 73.7 Å². The standard InChI is InChI=1S/C37H35FN2O5S/c1-4-37(3)21-30-36(46(43,44)23-37)35(28-18-17-27(20-29(28)38)45-22-25-12-6-5-7-13-25)40(31-15-10-16-32(41)34(31)39-30)33(42)19-26-14-9-8-11-24(26)2/h4-18,20,35,39,41H,1,19,21-23H2,2-3H3. The predicted octanol–water partition coefficient (Wildman–Crippen LogP) is 7.38. The number of fused-ring (bicyclic) bond motifs is 1. The van der Waals surface area contributed by atoms with Gasteiger partial charge in [0.15, 0.2) is 9.84 Å². The maximum atomic E-state index is 16.4. The Morgan fingerprint density at radius 3 is 2.54 bits per heavy atom. The van der Waals surface area contributed by atoms with Crippen LogP contribution >= 0.6 is 0 Å². The minimum absolute atomic E-state index is 0.0125. The predicted molar refractivity (Wildman–Crippen MR) is 178 cm³/mol. The highest BCUT2D eigenvalue weighted by Gasteiger charge is 2.48. The molecule has 9 heteroatoms. The summed E-state index contributed by atoms with van der Waals surface area (Å²) >= 11 is 0. The Balaban J connectivity index is 1.54. The highest BCUT2D eigenvalue weighted by atomic mass is 32.2. The Morgan fingerprint density at radius 2 is 1.83 bits per heavy atom. The molecular weight excluding hydrogens is 603 g/mol. The van der Waals surface area contributed by atoms with E-state index in [-0.39, 0.29) is 64.2 Å². The monoisotopic (exact) mass is 638 g/mol. The molecule has 46 heavy (non-hydrogen) atoms. The summed E-state index contributed by atoms with van der Waals surface area (Å²) in [4.78, 5) is 15.7. The summed E-state index contributed by atoms with van der Waals surface area (Å²) in [5, 5.41) is 14.2. The lowest BCUT2D eigenvalue weighted by atomic mass is 9.86. The Morgan fingerprint density at radius 1 is 1.09 bits per heavy atom. The van der Waals surface area contributed by atoms with Crippen LogP contribution in [0.25, 0.3) is 0 Å². The van der Waals surface area contributed by atoms with Gasteiger partial charge in [-0.05, 0) is 54.3 Å². The van der Waals surface area contributed by atoms with Crippen molar-refractivity contribution in [2.45, 2.75) is 39.3 Å². The number of hydrogen-bond donors (Lipinski definition) is 2. The molecule has 6 rings (SSSR count). The summed E-state index contributed by atoms with van der Waals surface area (Å²) in [6.45, 7) is 7.77. The number of aryl methyl sites for hydroxylation is 1. The second kappa shape index (κ2) is 12.1. The van der Waals surface area contributed by atoms with Crippen LogP contribution in [0.3, 0.4) is 0 Å². The van der Waals surface area contributed by atoms with Crippen LogP contribution < -0.4 is 15.0 Å². The van der Waals surface area contributed by atoms with Crippen molar-refractivity contribution in [2.75, 3.05) is 16.0 Å². The molecule has 0 saturated carbocycles. The lowest BCUT2D eigenvalue weighted by Crippen LogP contribution is -2.42. The van der Waals surface area contributed by atoms with Gasteiger partial charge in [-0.25, -0.2) is 12.8 Å². The van der Waals surface area contributed by atoms with Crippen molar-refractivity contribution >= 4 is 27.1 Å². The fraction of sp³-hybridized carbons (Fsp3) is 0.216. The number of nitrogens with zero attached hydrogens (tertiary/aromatic N) is 1. The van der Waals surface area contributed by atoms with Gasteiger partial charge >= 0.3 is 0 Å². The average Bonchev–Trinajstić information content (AvgIpc) is 3.17. The Bertz CT molecular complexity index is 1970. The number of anilines is 2. The molecule has 0 spiro atoms. The van der Waals surface area contributed by atoms with E-state index >= 15 is 4.39 Å². The number of nitrogens with one attached hydrogen (secondary N) is 1. The van der Waals surface area contributed by atoms with E-state index in [1.54, 1.807) is 31.2 Å². The number of aromatic hydroxyl groups is 1. The normalized spacial score (nSPS) is 20.2. The highest BCUT2D eigenvalue weighted by Crippen LogP contribution is 2.52. The molecule has 2 heterocycles. The molecular formula is C37H35FN2O5S. The molecule has 2 N–H and O–H groups in total. The minimum atomic E-state index is -4.10. The van der Waals surface area contributed by atoms with Gasteiger partial charge in [0.25, 0.3) is 0 Å². The first-order valence-corrected chi connectivity index (χ1v) is 16.7. The third kappa shape index (κ3) is 5.90. The number of phenols is 1. The zero-order chi connectivity index (χ0) is 32.6. The van der Waals surface area contributed by atoms with Crippen LogP contribution in [0, 0.1) is 18.2 Å². The van der Waals surface area contributed by atoms with Crippen LogP contribution in [0.2, 0.25) is 0 Å². The van der Waals surface area contributed by atoms with Gasteiger partial charge in [0.05, 0.1) is 22.8 Å². The van der Waals surface area contributed by atoms with Crippen LogP contribution in [0.5, 0.6) is 11.5 Å². The lowest BCUT2D eigenvalue weighted by molar-refractivity contribution is -0.118. The van der Waals surface area contributed by atoms with Crippen molar-refractivity contribution in [2.24, 2.45) is 5.41 Å². The van der Waals surface area contributed by atoms with Crippen molar-refractivity contribution in [1.82, 2.24) is 0 Å². The second-order valence-electron chi connectivity index (χ2n) is 12.2. The fourth-order valence-electron chi connectivity index (χ4n) is 6.25. The lowest BCUT2D eigenvalue weighted by Gasteiger charge is -2.38. The smallest absolute Gasteiger partial charge is 0.232 e. The zero-order valence-electron chi connectivity index (χ0n) is 25.7. The van der Waals surface area contributed by atoms with Crippen molar-refractivity contribution in [3.63, 3.8) is 0 Å². The molecule has 2 atom stereocenters. The van der Waals surface area contributed by atoms with Gasteiger partial charge < -0.3 is 15.2 Å². The van der Waals surface area contributed by atoms with Crippen molar-refractivity contribution < 1.29 is 27.4 Å². The quantitative estimate of drug-likeness (QED) is 0.162. The molecule has 4 aromatic rings. The summed E-state index contributed by atoms with van der Waals surface area (Å²) < 4.78 is 50.8. The molecule has 0 saturated heterocycles. The second-order valence-corrected chi connectivity index (χ2v) is 14.1. The van der Waals surface area contributed by atoms with E-state index in [9.17, 15) is 18.3 Å². The van der Waals surface area contributed by atoms with Gasteiger partial charge in [0.2, 0.25) is 5.91 Å². The van der Waals surface area contributed by atoms with Crippen LogP contribution in [0.4, 0.5) is 15.8 Å². The molecule has 0 aliphatic carbocycles. The number of allylic oxidation sites excluding steroid dienone is 2. The third-order valence-electron chi connectivity index (χ3n) is 8.67. The fourth-order valence-corrected chi connectivity index (χ4v) is 8.57. The third-order valence-corrected chi connectivity index (χ3v) is 10.9. The molecule has 0 bridgehead atoms. The number of ether oxygens (including phenoxy) is 1. The van der Waals surface area contributed by atoms with Crippen molar-refractivity contribution in [1.29, 1.82) is 0 Å². The summed E-state index contributed by atoms with van der Waals surface area (Å²) in [5.41, 5.74) is 2.36. The van der Waals surface area contributed by atoms with Crippen LogP contribution in [-0.2, 0) is 27.7 Å². The van der Waals surface area contributed by atoms with E-state index in [2.05, 4.69) is 11.9 Å². The number of benzene rings is 4. The van der Waals surface area contributed by atoms with E-state index in [1.165, 1.54) is 23.1 Å². The number of amides is 1. The van der Waals surface area contributed by atoms with Crippen LogP contribution in [0.15, 0.2) is 114 Å². The number of carbonyl (C=O) groups is 1. The number of rotatable bonds is 7. The molecule has 2 aliphatic rings. The Labute approximate surface area is 268 Å². The number of para-hydroxylation sites is 1. The maximum Gasteiger partial charge on any atom is 0.232 e. The van der Waals surface area contributed by atoms with E-state index < -0.39 is 33.0 Å². The summed E-state index contributed by atoms with van der Waals surface area (Å²) in [7, 11) is -4.10. The Hall–Kier alpha value is -4.89. The van der Waals surface area contributed by atoms with Gasteiger partial charge in [-0.3, -0.25) is 9.69 Å². The van der Waals surface area contributed by atoms with Crippen LogP contribution in [0.1, 0.15) is 41.6 Å². The zero-order valence-corrected chi connectivity index (χ0v) is 26.5. The SMILES string of the molecule is C=CC1(C)CC2=C(C(c3ccc(OCc4ccccc4)cc3F)N(C(=O)Cc3ccccc3C)c3cccc(O)c3N2)S(=O)(=O)C1. The molecule has 2 unspecified atom stereocenters. The first kappa shape index (κ1) is 31.1. The maximum absolute atomic E-state index is 16.4. The van der Waals surface area contributed by atoms with E-state index in [0.29, 0.717) is 0 Å². The van der Waals surface area contributed by atoms with Gasteiger partial charge in [-0.15, -0.1) is 6.58 Å². The topological polar surface area (TPSA) is 95.9 Å². The summed E-state index contributed by atoms with van der Waals surface area (Å²) in [6, 6.07) is 24.4. The minimum Gasteiger partial charge on any atom is -0.506 e. The first-order valence-electron chi connectivity index (χ1n) is 15.0. The average molecular weight is 639 g/mol. The molecule has 236 valence electrons. The van der Waals surface area contributed by atoms with E-state index in [4.69, 9.17) is 4.74 Å². The largest absolute Gasteiger partial charge is 0.506 e. The summed E-state index contributed by atoms with van der Waals surface area (Å²) in [6.07, 6.45) is 1.74. The summed E-state index contributed by atoms with van der Waals surface area (Å²) in [5.74, 6) is -1.38. The van der Waals surface area contributed by atoms with Crippen molar-refractivity contribution in [3.05, 3.63) is 142 Å². The molecule has 0 aromatic heterocycles. The number of hydrogen-bond acceptors (Lipinski definition) is 6. The van der Waals surface area contributed by atoms with Crippen molar-refractivity contribution in [3.8, 4) is 11.5 Å². The number of sulfone groups is 1. The molecule has 4 aromatic carbocycles. The molecule has 0 fully saturated rings. The molecule has 0 radical (unpaired) electrons. The molecule has 7 nitrogen and oxygen atoms in total. The van der Waals surface area contributed by atoms with Crippen LogP contribution in [-0.4, -0.2) is 25.2 Å². The first-order chi connectivity index (χ1) is 22.0. The number of carbonyl (C=O) groups excluding carboxylic acids is 1. The van der Waals surface area contributed by atoms with Gasteiger partial charge in [0.1, 0.15) is 35.7 Å². The van der Waals surface area contributed by atoms with E-state index in [0.717, 1.165) is 16.7 Å².